The highest BCUT2D eigenvalue weighted by molar-refractivity contribution is 5.57. The van der Waals surface area contributed by atoms with Gasteiger partial charge in [0.1, 0.15) is 0 Å². The standard InChI is InChI=1S/C22H33NO3.C6H14O2/c1-3-4-10-22-11-12-23(14-15-6-5-7-15)18(21(22,2)26)13-16-8-9-17(24)20(25)19(16)22;1-6(2,8-3)4-5-7/h8-9,15,18,24-26H,3-7,10-14H2,1-2H3;7H,4-5H2,1-3H3. The molecule has 194 valence electrons. The third-order valence-corrected chi connectivity index (χ3v) is 8.96. The minimum absolute atomic E-state index is 0.00947. The van der Waals surface area contributed by atoms with Crippen LogP contribution in [-0.4, -0.2) is 69.4 Å². The average molecular weight is 478 g/mol. The molecule has 1 heterocycles. The van der Waals surface area contributed by atoms with Gasteiger partial charge in [-0.25, -0.2) is 0 Å². The summed E-state index contributed by atoms with van der Waals surface area (Å²) in [6, 6.07) is 3.65. The summed E-state index contributed by atoms with van der Waals surface area (Å²) in [7, 11) is 1.65. The molecule has 6 heteroatoms. The fourth-order valence-electron chi connectivity index (χ4n) is 6.24. The zero-order chi connectivity index (χ0) is 25.1. The number of nitrogens with zero attached hydrogens (tertiary/aromatic N) is 1. The van der Waals surface area contributed by atoms with E-state index in [0.717, 1.165) is 62.2 Å². The number of aliphatic hydroxyl groups excluding tert-OH is 1. The van der Waals surface area contributed by atoms with E-state index in [4.69, 9.17) is 9.84 Å². The lowest BCUT2D eigenvalue weighted by atomic mass is 9.53. The topological polar surface area (TPSA) is 93.4 Å². The van der Waals surface area contributed by atoms with Crippen molar-refractivity contribution in [2.24, 2.45) is 5.92 Å². The van der Waals surface area contributed by atoms with Gasteiger partial charge in [0.05, 0.1) is 11.2 Å². The van der Waals surface area contributed by atoms with Crippen molar-refractivity contribution in [3.63, 3.8) is 0 Å². The first-order valence-electron chi connectivity index (χ1n) is 13.2. The number of hydrogen-bond donors (Lipinski definition) is 4. The number of piperidine rings is 1. The van der Waals surface area contributed by atoms with E-state index in [9.17, 15) is 15.3 Å². The minimum Gasteiger partial charge on any atom is -0.504 e. The summed E-state index contributed by atoms with van der Waals surface area (Å²) < 4.78 is 5.02. The number of likely N-dealkylation sites (tertiary alicyclic amines) is 1. The Bertz CT molecular complexity index is 819. The number of phenolic OH excluding ortho intramolecular Hbond substituents is 2. The number of aromatic hydroxyl groups is 2. The summed E-state index contributed by atoms with van der Waals surface area (Å²) in [6.45, 7) is 10.3. The van der Waals surface area contributed by atoms with E-state index in [1.165, 1.54) is 19.3 Å². The van der Waals surface area contributed by atoms with Crippen LogP contribution in [0.2, 0.25) is 0 Å². The first-order chi connectivity index (χ1) is 16.0. The fraction of sp³-hybridized carbons (Fsp3) is 0.786. The zero-order valence-corrected chi connectivity index (χ0v) is 21.9. The Kier molecular flexibility index (Phi) is 8.60. The monoisotopic (exact) mass is 477 g/mol. The molecule has 1 aliphatic heterocycles. The predicted octanol–water partition coefficient (Wildman–Crippen LogP) is 4.50. The summed E-state index contributed by atoms with van der Waals surface area (Å²) >= 11 is 0. The third kappa shape index (κ3) is 5.11. The molecule has 0 aromatic heterocycles. The summed E-state index contributed by atoms with van der Waals surface area (Å²) in [6.07, 6.45) is 9.19. The van der Waals surface area contributed by atoms with Crippen LogP contribution in [0, 0.1) is 5.92 Å². The van der Waals surface area contributed by atoms with Gasteiger partial charge in [0.15, 0.2) is 11.5 Å². The van der Waals surface area contributed by atoms with Gasteiger partial charge in [-0.15, -0.1) is 0 Å². The van der Waals surface area contributed by atoms with E-state index < -0.39 is 11.0 Å². The van der Waals surface area contributed by atoms with Gasteiger partial charge >= 0.3 is 0 Å². The molecule has 3 unspecified atom stereocenters. The van der Waals surface area contributed by atoms with Crippen LogP contribution in [0.5, 0.6) is 11.5 Å². The third-order valence-electron chi connectivity index (χ3n) is 8.96. The average Bonchev–Trinajstić information content (AvgIpc) is 2.74. The van der Waals surface area contributed by atoms with Crippen LogP contribution in [0.3, 0.4) is 0 Å². The molecule has 0 amide bonds. The largest absolute Gasteiger partial charge is 0.504 e. The van der Waals surface area contributed by atoms with Crippen molar-refractivity contribution in [1.29, 1.82) is 0 Å². The number of rotatable bonds is 8. The number of hydrogen-bond acceptors (Lipinski definition) is 6. The van der Waals surface area contributed by atoms with Gasteiger partial charge in [0, 0.05) is 37.3 Å². The molecule has 2 fully saturated rings. The van der Waals surface area contributed by atoms with Gasteiger partial charge in [-0.3, -0.25) is 4.90 Å². The van der Waals surface area contributed by atoms with Gasteiger partial charge < -0.3 is 25.2 Å². The fourth-order valence-corrected chi connectivity index (χ4v) is 6.24. The zero-order valence-electron chi connectivity index (χ0n) is 21.9. The number of benzene rings is 1. The molecule has 1 saturated heterocycles. The summed E-state index contributed by atoms with van der Waals surface area (Å²) in [5.41, 5.74) is 0.388. The Morgan fingerprint density at radius 2 is 1.91 bits per heavy atom. The number of aliphatic hydroxyl groups is 2. The Morgan fingerprint density at radius 3 is 2.44 bits per heavy atom. The highest BCUT2D eigenvalue weighted by Gasteiger charge is 2.61. The number of methoxy groups -OCH3 is 1. The second-order valence-electron chi connectivity index (χ2n) is 11.5. The minimum atomic E-state index is -0.900. The lowest BCUT2D eigenvalue weighted by molar-refractivity contribution is -0.142. The van der Waals surface area contributed by atoms with Crippen molar-refractivity contribution in [1.82, 2.24) is 4.90 Å². The maximum Gasteiger partial charge on any atom is 0.161 e. The molecule has 0 spiro atoms. The van der Waals surface area contributed by atoms with Crippen LogP contribution < -0.4 is 0 Å². The van der Waals surface area contributed by atoms with Crippen LogP contribution in [0.25, 0.3) is 0 Å². The highest BCUT2D eigenvalue weighted by Crippen LogP contribution is 2.57. The molecule has 6 nitrogen and oxygen atoms in total. The van der Waals surface area contributed by atoms with E-state index in [2.05, 4.69) is 11.8 Å². The van der Waals surface area contributed by atoms with Crippen molar-refractivity contribution in [2.75, 3.05) is 26.8 Å². The number of phenols is 2. The van der Waals surface area contributed by atoms with E-state index in [1.54, 1.807) is 13.2 Å². The van der Waals surface area contributed by atoms with Crippen molar-refractivity contribution >= 4 is 0 Å². The molecule has 1 saturated carbocycles. The van der Waals surface area contributed by atoms with Crippen LogP contribution >= 0.6 is 0 Å². The summed E-state index contributed by atoms with van der Waals surface area (Å²) in [4.78, 5) is 2.51. The molecule has 2 aliphatic carbocycles. The summed E-state index contributed by atoms with van der Waals surface area (Å²) in [5.74, 6) is 0.708. The number of unbranched alkanes of at least 4 members (excludes halogenated alkanes) is 1. The van der Waals surface area contributed by atoms with Gasteiger partial charge in [-0.05, 0) is 83.4 Å². The first-order valence-corrected chi connectivity index (χ1v) is 13.2. The quantitative estimate of drug-likeness (QED) is 0.412. The van der Waals surface area contributed by atoms with Gasteiger partial charge in [0.25, 0.3) is 0 Å². The molecule has 1 aromatic rings. The van der Waals surface area contributed by atoms with E-state index in [1.807, 2.05) is 26.8 Å². The van der Waals surface area contributed by atoms with Crippen molar-refractivity contribution < 1.29 is 25.2 Å². The Morgan fingerprint density at radius 1 is 1.21 bits per heavy atom. The van der Waals surface area contributed by atoms with Crippen LogP contribution in [0.4, 0.5) is 0 Å². The van der Waals surface area contributed by atoms with Gasteiger partial charge in [-0.2, -0.15) is 0 Å². The molecular weight excluding hydrogens is 430 g/mol. The smallest absolute Gasteiger partial charge is 0.161 e. The molecular formula is C28H47NO5. The molecule has 34 heavy (non-hydrogen) atoms. The van der Waals surface area contributed by atoms with Crippen molar-refractivity contribution in [3.05, 3.63) is 23.3 Å². The van der Waals surface area contributed by atoms with Gasteiger partial charge in [0.2, 0.25) is 0 Å². The first kappa shape index (κ1) is 27.3. The molecule has 2 bridgehead atoms. The highest BCUT2D eigenvalue weighted by atomic mass is 16.5. The second-order valence-corrected chi connectivity index (χ2v) is 11.5. The number of ether oxygens (including phenoxy) is 1. The predicted molar refractivity (Wildman–Crippen MR) is 135 cm³/mol. The molecule has 3 aliphatic rings. The molecule has 4 rings (SSSR count). The summed E-state index contributed by atoms with van der Waals surface area (Å²) in [5, 5.41) is 41.2. The maximum absolute atomic E-state index is 11.8. The normalized spacial score (nSPS) is 29.1. The Balaban J connectivity index is 0.000000350. The second kappa shape index (κ2) is 10.7. The van der Waals surface area contributed by atoms with Crippen LogP contribution in [-0.2, 0) is 16.6 Å². The van der Waals surface area contributed by atoms with Crippen molar-refractivity contribution in [3.8, 4) is 11.5 Å². The lowest BCUT2D eigenvalue weighted by Gasteiger charge is -2.61. The molecule has 0 radical (unpaired) electrons. The maximum atomic E-state index is 11.8. The Labute approximate surface area is 205 Å². The van der Waals surface area contributed by atoms with Crippen LogP contribution in [0.1, 0.15) is 90.2 Å². The molecule has 1 aromatic carbocycles. The Hall–Kier alpha value is -1.34. The SMILES string of the molecule is CCCCC12CCN(CC3CCC3)C(Cc3ccc(O)c(O)c31)C2(C)O.COC(C)(C)CCO. The van der Waals surface area contributed by atoms with E-state index in [0.29, 0.717) is 6.42 Å². The number of fused-ring (bicyclic) bond motifs is 4. The molecule has 3 atom stereocenters. The molecule has 4 N–H and O–H groups in total. The van der Waals surface area contributed by atoms with Crippen molar-refractivity contribution in [2.45, 2.75) is 108 Å². The van der Waals surface area contributed by atoms with E-state index in [-0.39, 0.29) is 29.7 Å². The van der Waals surface area contributed by atoms with Crippen LogP contribution in [0.15, 0.2) is 12.1 Å². The van der Waals surface area contributed by atoms with Gasteiger partial charge in [-0.1, -0.05) is 32.3 Å². The van der Waals surface area contributed by atoms with E-state index >= 15 is 0 Å². The lowest BCUT2D eigenvalue weighted by Crippen LogP contribution is -2.70.